The predicted molar refractivity (Wildman–Crippen MR) is 87.2 cm³/mol. The highest BCUT2D eigenvalue weighted by atomic mass is 16.8. The lowest BCUT2D eigenvalue weighted by Gasteiger charge is -2.25. The Balaban J connectivity index is 1.74. The summed E-state index contributed by atoms with van der Waals surface area (Å²) in [5.74, 6) is -0.963. The molecule has 4 heterocycles. The summed E-state index contributed by atoms with van der Waals surface area (Å²) < 4.78 is 19.6. The smallest absolute Gasteiger partial charge is 0.277 e. The number of nitrogens with two attached hydrogens (primary N) is 1. The lowest BCUT2D eigenvalue weighted by molar-refractivity contribution is -0.211. The molecule has 2 aromatic rings. The van der Waals surface area contributed by atoms with Crippen molar-refractivity contribution in [3.63, 3.8) is 0 Å². The second-order valence-electron chi connectivity index (χ2n) is 6.61. The van der Waals surface area contributed by atoms with Crippen molar-refractivity contribution in [2.24, 2.45) is 0 Å². The van der Waals surface area contributed by atoms with E-state index in [0.717, 1.165) is 5.06 Å². The summed E-state index contributed by atoms with van der Waals surface area (Å²) in [4.78, 5) is 30.0. The molecular weight excluding hydrogens is 344 g/mol. The first-order valence-corrected chi connectivity index (χ1v) is 8.08. The van der Waals surface area contributed by atoms with Gasteiger partial charge < -0.3 is 19.9 Å². The molecule has 1 amide bonds. The highest BCUT2D eigenvalue weighted by Crippen LogP contribution is 2.44. The summed E-state index contributed by atoms with van der Waals surface area (Å²) >= 11 is 0. The molecule has 2 aromatic heterocycles. The van der Waals surface area contributed by atoms with Crippen molar-refractivity contribution in [2.45, 2.75) is 44.2 Å². The van der Waals surface area contributed by atoms with Crippen LogP contribution in [0.2, 0.25) is 0 Å². The Kier molecular flexibility index (Phi) is 3.84. The van der Waals surface area contributed by atoms with Gasteiger partial charge in [0.15, 0.2) is 29.6 Å². The number of likely N-dealkylation sites (N-methyl/N-ethyl adjacent to an activating group) is 1. The van der Waals surface area contributed by atoms with Crippen molar-refractivity contribution in [3.05, 3.63) is 12.7 Å². The van der Waals surface area contributed by atoms with Crippen LogP contribution in [0.5, 0.6) is 0 Å². The maximum absolute atomic E-state index is 12.6. The lowest BCUT2D eigenvalue weighted by atomic mass is 10.1. The first kappa shape index (κ1) is 17.1. The molecule has 26 heavy (non-hydrogen) atoms. The fourth-order valence-corrected chi connectivity index (χ4v) is 3.32. The van der Waals surface area contributed by atoms with Crippen LogP contribution < -0.4 is 5.73 Å². The average Bonchev–Trinajstić information content (AvgIpc) is 3.24. The molecular formula is C15H20N6O5. The van der Waals surface area contributed by atoms with Crippen LogP contribution >= 0.6 is 0 Å². The van der Waals surface area contributed by atoms with Gasteiger partial charge in [-0.05, 0) is 13.8 Å². The van der Waals surface area contributed by atoms with Crippen molar-refractivity contribution in [1.82, 2.24) is 24.6 Å². The number of imidazole rings is 1. The third-order valence-corrected chi connectivity index (χ3v) is 4.52. The molecule has 0 bridgehead atoms. The minimum atomic E-state index is -0.895. The molecule has 0 aromatic carbocycles. The van der Waals surface area contributed by atoms with Gasteiger partial charge in [-0.15, -0.1) is 0 Å². The lowest BCUT2D eigenvalue weighted by Crippen LogP contribution is -2.43. The van der Waals surface area contributed by atoms with Gasteiger partial charge in [-0.1, -0.05) is 0 Å². The Bertz CT molecular complexity index is 854. The first-order valence-electron chi connectivity index (χ1n) is 8.08. The maximum Gasteiger partial charge on any atom is 0.277 e. The number of aromatic nitrogens is 4. The molecule has 0 unspecified atom stereocenters. The van der Waals surface area contributed by atoms with E-state index in [0.29, 0.717) is 11.2 Å². The van der Waals surface area contributed by atoms with Crippen molar-refractivity contribution in [2.75, 3.05) is 19.9 Å². The van der Waals surface area contributed by atoms with E-state index in [1.807, 2.05) is 0 Å². The monoisotopic (exact) mass is 364 g/mol. The van der Waals surface area contributed by atoms with Gasteiger partial charge >= 0.3 is 0 Å². The van der Waals surface area contributed by atoms with Gasteiger partial charge in [0.2, 0.25) is 0 Å². The Morgan fingerprint density at radius 1 is 1.31 bits per heavy atom. The number of nitrogen functional groups attached to an aromatic ring is 1. The van der Waals surface area contributed by atoms with Crippen molar-refractivity contribution in [3.8, 4) is 0 Å². The zero-order valence-corrected chi connectivity index (χ0v) is 14.8. The van der Waals surface area contributed by atoms with Crippen LogP contribution in [0.25, 0.3) is 11.2 Å². The minimum Gasteiger partial charge on any atom is -0.382 e. The molecule has 140 valence electrons. The Morgan fingerprint density at radius 2 is 2.04 bits per heavy atom. The number of hydroxylamine groups is 2. The first-order chi connectivity index (χ1) is 12.3. The molecule has 0 spiro atoms. The van der Waals surface area contributed by atoms with Crippen LogP contribution in [0.1, 0.15) is 20.1 Å². The molecule has 4 atom stereocenters. The zero-order valence-electron chi connectivity index (χ0n) is 14.8. The van der Waals surface area contributed by atoms with Crippen LogP contribution in [-0.4, -0.2) is 68.7 Å². The van der Waals surface area contributed by atoms with E-state index in [-0.39, 0.29) is 11.7 Å². The van der Waals surface area contributed by atoms with E-state index in [4.69, 9.17) is 24.8 Å². The quantitative estimate of drug-likeness (QED) is 0.739. The van der Waals surface area contributed by atoms with Crippen molar-refractivity contribution < 1.29 is 23.8 Å². The fraction of sp³-hybridized carbons (Fsp3) is 0.600. The molecule has 0 aliphatic carbocycles. The fourth-order valence-electron chi connectivity index (χ4n) is 3.32. The number of nitrogens with zero attached hydrogens (tertiary/aromatic N) is 5. The maximum atomic E-state index is 12.6. The number of amides is 1. The Labute approximate surface area is 148 Å². The largest absolute Gasteiger partial charge is 0.382 e. The average molecular weight is 364 g/mol. The minimum absolute atomic E-state index is 0.263. The Hall–Kier alpha value is -2.34. The van der Waals surface area contributed by atoms with E-state index in [9.17, 15) is 4.79 Å². The summed E-state index contributed by atoms with van der Waals surface area (Å²) in [5.41, 5.74) is 6.79. The van der Waals surface area contributed by atoms with Crippen LogP contribution in [0, 0.1) is 0 Å². The van der Waals surface area contributed by atoms with Gasteiger partial charge in [-0.2, -0.15) is 0 Å². The van der Waals surface area contributed by atoms with Gasteiger partial charge in [-0.3, -0.25) is 14.2 Å². The third-order valence-electron chi connectivity index (χ3n) is 4.52. The second kappa shape index (κ2) is 5.84. The summed E-state index contributed by atoms with van der Waals surface area (Å²) in [5, 5.41) is 1.10. The van der Waals surface area contributed by atoms with E-state index in [1.54, 1.807) is 24.7 Å². The molecule has 2 fully saturated rings. The molecule has 0 radical (unpaired) electrons. The van der Waals surface area contributed by atoms with Crippen molar-refractivity contribution in [1.29, 1.82) is 0 Å². The molecule has 2 saturated heterocycles. The topological polar surface area (TPSA) is 127 Å². The van der Waals surface area contributed by atoms with Crippen LogP contribution in [0.15, 0.2) is 12.7 Å². The number of hydrogen-bond acceptors (Lipinski definition) is 9. The van der Waals surface area contributed by atoms with Crippen LogP contribution in [0.3, 0.4) is 0 Å². The standard InChI is InChI=1S/C15H20N6O5/c1-15(2)25-8-9(13(22)20(3)23-4)24-14(10(8)26-15)21-6-19-7-11(16)17-5-18-12(7)21/h5-6,8-10,14H,1-4H3,(H2,16,17,18)/t8-,9+,10-,14-/m1/s1. The van der Waals surface area contributed by atoms with Gasteiger partial charge in [0.1, 0.15) is 24.1 Å². The predicted octanol–water partition coefficient (Wildman–Crippen LogP) is -0.154. The molecule has 11 nitrogen and oxygen atoms in total. The van der Waals surface area contributed by atoms with Gasteiger partial charge in [0.25, 0.3) is 5.91 Å². The summed E-state index contributed by atoms with van der Waals surface area (Å²) in [6.45, 7) is 3.58. The normalized spacial score (nSPS) is 29.8. The summed E-state index contributed by atoms with van der Waals surface area (Å²) in [6, 6.07) is 0. The number of fused-ring (bicyclic) bond motifs is 2. The number of rotatable bonds is 3. The number of anilines is 1. The molecule has 4 rings (SSSR count). The van der Waals surface area contributed by atoms with Crippen LogP contribution in [0.4, 0.5) is 5.82 Å². The highest BCUT2D eigenvalue weighted by Gasteiger charge is 2.58. The highest BCUT2D eigenvalue weighted by molar-refractivity contribution is 5.82. The summed E-state index contributed by atoms with van der Waals surface area (Å²) in [7, 11) is 2.91. The van der Waals surface area contributed by atoms with E-state index in [1.165, 1.54) is 20.5 Å². The summed E-state index contributed by atoms with van der Waals surface area (Å²) in [6.07, 6.45) is 0.196. The van der Waals surface area contributed by atoms with Crippen molar-refractivity contribution >= 4 is 22.9 Å². The molecule has 11 heteroatoms. The number of carbonyl (C=O) groups excluding carboxylic acids is 1. The SMILES string of the molecule is CON(C)C(=O)[C@H]1O[C@@H](n2cnc3c(N)ncnc32)[C@@H]2OC(C)(C)O[C@@H]21. The number of ether oxygens (including phenoxy) is 3. The molecule has 2 aliphatic rings. The van der Waals surface area contributed by atoms with Crippen LogP contribution in [-0.2, 0) is 23.8 Å². The molecule has 2 aliphatic heterocycles. The number of carbonyl (C=O) groups is 1. The molecule has 2 N–H and O–H groups in total. The third kappa shape index (κ3) is 2.51. The van der Waals surface area contributed by atoms with Gasteiger partial charge in [0.05, 0.1) is 13.4 Å². The van der Waals surface area contributed by atoms with E-state index >= 15 is 0 Å². The van der Waals surface area contributed by atoms with E-state index in [2.05, 4.69) is 15.0 Å². The molecule has 0 saturated carbocycles. The Morgan fingerprint density at radius 3 is 2.77 bits per heavy atom. The van der Waals surface area contributed by atoms with Gasteiger partial charge in [-0.25, -0.2) is 20.0 Å². The zero-order chi connectivity index (χ0) is 18.6. The second-order valence-corrected chi connectivity index (χ2v) is 6.61. The van der Waals surface area contributed by atoms with E-state index < -0.39 is 30.3 Å². The number of hydrogen-bond donors (Lipinski definition) is 1. The van der Waals surface area contributed by atoms with Gasteiger partial charge in [0, 0.05) is 7.05 Å².